The first-order chi connectivity index (χ1) is 14.7. The van der Waals surface area contributed by atoms with Crippen LogP contribution in [-0.4, -0.2) is 44.8 Å². The molecule has 0 aromatic heterocycles. The van der Waals surface area contributed by atoms with Gasteiger partial charge in [-0.25, -0.2) is 0 Å². The van der Waals surface area contributed by atoms with Gasteiger partial charge in [0.1, 0.15) is 0 Å². The van der Waals surface area contributed by atoms with Crippen LogP contribution >= 0.6 is 0 Å². The van der Waals surface area contributed by atoms with E-state index >= 15 is 0 Å². The number of hydrogen-bond acceptors (Lipinski definition) is 5. The van der Waals surface area contributed by atoms with Gasteiger partial charge in [0.15, 0.2) is 0 Å². The fourth-order valence-electron chi connectivity index (χ4n) is 5.33. The first kappa shape index (κ1) is 25.3. The van der Waals surface area contributed by atoms with Gasteiger partial charge in [0.2, 0.25) is 5.91 Å². The standard InChI is InChI=1S/C25H40N2O4/c1-7-25(8-2)20-14-18(23(26)28)10-9-17(20)15-21(30-5)22(25)27-12-11-19(13-16(3)4)24(29)31-6/h9-10,14,16,19,21-22,27H,7-8,11-13,15H2,1-6H3,(H2,26,28)/t19-,21-,22+/m0/s1. The first-order valence-corrected chi connectivity index (χ1v) is 11.5. The molecule has 31 heavy (non-hydrogen) atoms. The zero-order valence-electron chi connectivity index (χ0n) is 20.0. The quantitative estimate of drug-likeness (QED) is 0.522. The monoisotopic (exact) mass is 432 g/mol. The number of primary amides is 1. The molecule has 6 nitrogen and oxygen atoms in total. The van der Waals surface area contributed by atoms with Crippen LogP contribution in [0.4, 0.5) is 0 Å². The normalized spacial score (nSPS) is 20.9. The molecule has 1 aliphatic carbocycles. The van der Waals surface area contributed by atoms with E-state index in [1.165, 1.54) is 18.2 Å². The van der Waals surface area contributed by atoms with Crippen LogP contribution in [0.3, 0.4) is 0 Å². The van der Waals surface area contributed by atoms with Crippen molar-refractivity contribution >= 4 is 11.9 Å². The van der Waals surface area contributed by atoms with E-state index in [0.29, 0.717) is 18.0 Å². The van der Waals surface area contributed by atoms with Gasteiger partial charge in [-0.1, -0.05) is 33.8 Å². The van der Waals surface area contributed by atoms with Crippen LogP contribution in [0.15, 0.2) is 18.2 Å². The van der Waals surface area contributed by atoms with Crippen LogP contribution < -0.4 is 11.1 Å². The molecule has 1 aromatic carbocycles. The van der Waals surface area contributed by atoms with E-state index in [1.54, 1.807) is 7.11 Å². The summed E-state index contributed by atoms with van der Waals surface area (Å²) >= 11 is 0. The Kier molecular flexibility index (Phi) is 9.07. The van der Waals surface area contributed by atoms with Crippen LogP contribution in [0, 0.1) is 11.8 Å². The Hall–Kier alpha value is -1.92. The Balaban J connectivity index is 2.32. The number of esters is 1. The lowest BCUT2D eigenvalue weighted by molar-refractivity contribution is -0.146. The summed E-state index contributed by atoms with van der Waals surface area (Å²) in [4.78, 5) is 24.1. The molecule has 0 aliphatic heterocycles. The predicted molar refractivity (Wildman–Crippen MR) is 123 cm³/mol. The molecular weight excluding hydrogens is 392 g/mol. The fraction of sp³-hybridized carbons (Fsp3) is 0.680. The highest BCUT2D eigenvalue weighted by atomic mass is 16.5. The van der Waals surface area contributed by atoms with E-state index in [1.807, 2.05) is 18.2 Å². The molecule has 0 heterocycles. The van der Waals surface area contributed by atoms with E-state index in [0.717, 1.165) is 32.1 Å². The summed E-state index contributed by atoms with van der Waals surface area (Å²) in [6.45, 7) is 9.32. The molecule has 6 heteroatoms. The second kappa shape index (κ2) is 11.1. The maximum Gasteiger partial charge on any atom is 0.308 e. The van der Waals surface area contributed by atoms with Crippen molar-refractivity contribution in [3.8, 4) is 0 Å². The number of ether oxygens (including phenoxy) is 2. The minimum Gasteiger partial charge on any atom is -0.469 e. The lowest BCUT2D eigenvalue weighted by Gasteiger charge is -2.49. The average Bonchev–Trinajstić information content (AvgIpc) is 2.76. The van der Waals surface area contributed by atoms with Crippen molar-refractivity contribution in [2.75, 3.05) is 20.8 Å². The number of carbonyl (C=O) groups excluding carboxylic acids is 2. The van der Waals surface area contributed by atoms with E-state index < -0.39 is 5.91 Å². The molecule has 1 aliphatic rings. The Labute approximate surface area is 187 Å². The number of amides is 1. The van der Waals surface area contributed by atoms with Crippen LogP contribution in [0.1, 0.15) is 74.9 Å². The van der Waals surface area contributed by atoms with Crippen molar-refractivity contribution in [3.63, 3.8) is 0 Å². The summed E-state index contributed by atoms with van der Waals surface area (Å²) in [6.07, 6.45) is 4.12. The highest BCUT2D eigenvalue weighted by Gasteiger charge is 2.46. The number of hydrogen-bond donors (Lipinski definition) is 2. The van der Waals surface area contributed by atoms with Crippen LogP contribution in [0.25, 0.3) is 0 Å². The Bertz CT molecular complexity index is 758. The second-order valence-electron chi connectivity index (χ2n) is 9.15. The van der Waals surface area contributed by atoms with Crippen molar-refractivity contribution in [1.29, 1.82) is 0 Å². The van der Waals surface area contributed by atoms with Gasteiger partial charge in [-0.15, -0.1) is 0 Å². The third-order valence-corrected chi connectivity index (χ3v) is 7.03. The number of fused-ring (bicyclic) bond motifs is 1. The third kappa shape index (κ3) is 5.47. The van der Waals surface area contributed by atoms with Crippen molar-refractivity contribution in [3.05, 3.63) is 34.9 Å². The number of benzene rings is 1. The van der Waals surface area contributed by atoms with Gasteiger partial charge in [0.05, 0.1) is 19.1 Å². The molecule has 174 valence electrons. The summed E-state index contributed by atoms with van der Waals surface area (Å²) in [6, 6.07) is 5.87. The minimum absolute atomic E-state index is 0.00787. The third-order valence-electron chi connectivity index (χ3n) is 7.03. The molecule has 1 amide bonds. The van der Waals surface area contributed by atoms with Crippen LogP contribution in [0.5, 0.6) is 0 Å². The minimum atomic E-state index is -0.406. The molecule has 0 unspecified atom stereocenters. The summed E-state index contributed by atoms with van der Waals surface area (Å²) in [7, 11) is 3.21. The summed E-state index contributed by atoms with van der Waals surface area (Å²) in [5, 5.41) is 3.74. The van der Waals surface area contributed by atoms with Gasteiger partial charge < -0.3 is 20.5 Å². The van der Waals surface area contributed by atoms with Crippen molar-refractivity contribution in [1.82, 2.24) is 5.32 Å². The molecule has 1 aromatic rings. The maximum atomic E-state index is 12.2. The first-order valence-electron chi connectivity index (χ1n) is 11.5. The van der Waals surface area contributed by atoms with Gasteiger partial charge in [0, 0.05) is 30.6 Å². The largest absolute Gasteiger partial charge is 0.469 e. The van der Waals surface area contributed by atoms with Crippen molar-refractivity contribution in [2.24, 2.45) is 17.6 Å². The number of carbonyl (C=O) groups is 2. The lowest BCUT2D eigenvalue weighted by Crippen LogP contribution is -2.59. The maximum absolute atomic E-state index is 12.2. The van der Waals surface area contributed by atoms with E-state index in [4.69, 9.17) is 15.2 Å². The molecule has 0 fully saturated rings. The molecule has 2 rings (SSSR count). The van der Waals surface area contributed by atoms with Crippen molar-refractivity contribution in [2.45, 2.75) is 77.4 Å². The zero-order chi connectivity index (χ0) is 23.2. The highest BCUT2D eigenvalue weighted by Crippen LogP contribution is 2.44. The fourth-order valence-corrected chi connectivity index (χ4v) is 5.33. The van der Waals surface area contributed by atoms with Gasteiger partial charge >= 0.3 is 5.97 Å². The molecule has 0 spiro atoms. The Morgan fingerprint density at radius 3 is 2.42 bits per heavy atom. The van der Waals surface area contributed by atoms with E-state index in [2.05, 4.69) is 33.0 Å². The Morgan fingerprint density at radius 1 is 1.23 bits per heavy atom. The number of rotatable bonds is 11. The molecule has 3 atom stereocenters. The second-order valence-corrected chi connectivity index (χ2v) is 9.15. The number of methoxy groups -OCH3 is 2. The summed E-state index contributed by atoms with van der Waals surface area (Å²) < 4.78 is 11.0. The number of nitrogens with two attached hydrogens (primary N) is 1. The molecule has 0 radical (unpaired) electrons. The Morgan fingerprint density at radius 2 is 1.90 bits per heavy atom. The van der Waals surface area contributed by atoms with E-state index in [9.17, 15) is 9.59 Å². The molecule has 0 saturated heterocycles. The van der Waals surface area contributed by atoms with Crippen molar-refractivity contribution < 1.29 is 19.1 Å². The molecule has 0 bridgehead atoms. The van der Waals surface area contributed by atoms with Crippen LogP contribution in [0.2, 0.25) is 0 Å². The predicted octanol–water partition coefficient (Wildman–Crippen LogP) is 3.60. The zero-order valence-corrected chi connectivity index (χ0v) is 20.0. The summed E-state index contributed by atoms with van der Waals surface area (Å²) in [5.74, 6) is -0.239. The smallest absolute Gasteiger partial charge is 0.308 e. The van der Waals surface area contributed by atoms with E-state index in [-0.39, 0.29) is 29.4 Å². The molecule has 0 saturated carbocycles. The number of nitrogens with one attached hydrogen (secondary N) is 1. The van der Waals surface area contributed by atoms with Gasteiger partial charge in [-0.3, -0.25) is 9.59 Å². The van der Waals surface area contributed by atoms with Gasteiger partial charge in [0.25, 0.3) is 0 Å². The van der Waals surface area contributed by atoms with Gasteiger partial charge in [-0.05, 0) is 61.4 Å². The van der Waals surface area contributed by atoms with Crippen LogP contribution in [-0.2, 0) is 26.1 Å². The molecule has 3 N–H and O–H groups in total. The lowest BCUT2D eigenvalue weighted by atomic mass is 9.62. The average molecular weight is 433 g/mol. The molecular formula is C25H40N2O4. The van der Waals surface area contributed by atoms with Gasteiger partial charge in [-0.2, -0.15) is 0 Å². The SMILES string of the molecule is CCC1(CC)c2cc(C(N)=O)ccc2C[C@H](OC)[C@H]1NCC[C@@H](CC(C)C)C(=O)OC. The summed E-state index contributed by atoms with van der Waals surface area (Å²) in [5.41, 5.74) is 8.34. The topological polar surface area (TPSA) is 90.7 Å². The highest BCUT2D eigenvalue weighted by molar-refractivity contribution is 5.93.